The van der Waals surface area contributed by atoms with Crippen molar-refractivity contribution >= 4 is 11.8 Å². The molecule has 2 fully saturated rings. The van der Waals surface area contributed by atoms with Gasteiger partial charge in [0.25, 0.3) is 0 Å². The van der Waals surface area contributed by atoms with Crippen LogP contribution in [0.2, 0.25) is 0 Å². The van der Waals surface area contributed by atoms with Gasteiger partial charge in [0.05, 0.1) is 19.1 Å². The lowest BCUT2D eigenvalue weighted by Crippen LogP contribution is -2.48. The molecule has 124 valence electrons. The lowest BCUT2D eigenvalue weighted by atomic mass is 9.92. The predicted octanol–water partition coefficient (Wildman–Crippen LogP) is 2.23. The quantitative estimate of drug-likeness (QED) is 0.856. The van der Waals surface area contributed by atoms with Gasteiger partial charge in [-0.1, -0.05) is 12.1 Å². The van der Waals surface area contributed by atoms with E-state index in [4.69, 9.17) is 4.74 Å². The van der Waals surface area contributed by atoms with Crippen LogP contribution in [0.25, 0.3) is 0 Å². The highest BCUT2D eigenvalue weighted by atomic mass is 16.5. The van der Waals surface area contributed by atoms with Crippen molar-refractivity contribution < 1.29 is 14.3 Å². The van der Waals surface area contributed by atoms with Gasteiger partial charge in [-0.25, -0.2) is 0 Å². The van der Waals surface area contributed by atoms with Gasteiger partial charge in [-0.05, 0) is 38.0 Å². The summed E-state index contributed by atoms with van der Waals surface area (Å²) in [6, 6.07) is 8.16. The van der Waals surface area contributed by atoms with Crippen LogP contribution in [0.3, 0.4) is 0 Å². The smallest absolute Gasteiger partial charge is 0.228 e. The van der Waals surface area contributed by atoms with Crippen LogP contribution in [0.4, 0.5) is 0 Å². The highest BCUT2D eigenvalue weighted by Crippen LogP contribution is 2.37. The number of nitrogens with zero attached hydrogens (tertiary/aromatic N) is 2. The predicted molar refractivity (Wildman–Crippen MR) is 87.0 cm³/mol. The second-order valence-corrected chi connectivity index (χ2v) is 6.65. The molecular formula is C18H24N2O3. The fourth-order valence-electron chi connectivity index (χ4n) is 3.48. The zero-order valence-corrected chi connectivity index (χ0v) is 14.0. The van der Waals surface area contributed by atoms with E-state index in [1.165, 1.54) is 0 Å². The number of carbonyl (C=O) groups excluding carboxylic acids is 2. The molecule has 2 heterocycles. The Kier molecular flexibility index (Phi) is 4.28. The highest BCUT2D eigenvalue weighted by Gasteiger charge is 2.42. The number of hydrogen-bond acceptors (Lipinski definition) is 3. The molecule has 0 saturated carbocycles. The van der Waals surface area contributed by atoms with E-state index >= 15 is 0 Å². The molecule has 2 saturated heterocycles. The van der Waals surface area contributed by atoms with E-state index in [0.29, 0.717) is 13.0 Å². The summed E-state index contributed by atoms with van der Waals surface area (Å²) in [6.07, 6.45) is 1.31. The lowest BCUT2D eigenvalue weighted by Gasteiger charge is -2.42. The molecule has 0 unspecified atom stereocenters. The summed E-state index contributed by atoms with van der Waals surface area (Å²) in [5.74, 6) is 0.819. The van der Waals surface area contributed by atoms with Crippen LogP contribution in [0, 0.1) is 5.92 Å². The van der Waals surface area contributed by atoms with Crippen LogP contribution < -0.4 is 4.74 Å². The molecule has 5 heteroatoms. The van der Waals surface area contributed by atoms with E-state index in [2.05, 4.69) is 0 Å². The van der Waals surface area contributed by atoms with Crippen molar-refractivity contribution in [2.75, 3.05) is 20.2 Å². The van der Waals surface area contributed by atoms with Gasteiger partial charge in [0.1, 0.15) is 5.75 Å². The largest absolute Gasteiger partial charge is 0.497 e. The van der Waals surface area contributed by atoms with Gasteiger partial charge in [0, 0.05) is 25.6 Å². The standard InChI is InChI=1S/C18H24N2O3/c1-12(2)20-11-14(10-17(20)21)18(22)19-8-7-16(19)13-5-4-6-15(9-13)23-3/h4-6,9,12,14,16H,7-8,10-11H2,1-3H3/t14-,16-/m1/s1. The van der Waals surface area contributed by atoms with Crippen LogP contribution >= 0.6 is 0 Å². The Labute approximate surface area is 137 Å². The summed E-state index contributed by atoms with van der Waals surface area (Å²) in [5.41, 5.74) is 1.11. The zero-order valence-electron chi connectivity index (χ0n) is 14.0. The van der Waals surface area contributed by atoms with Crippen molar-refractivity contribution in [1.82, 2.24) is 9.80 Å². The van der Waals surface area contributed by atoms with Crippen molar-refractivity contribution in [1.29, 1.82) is 0 Å². The van der Waals surface area contributed by atoms with Gasteiger partial charge in [-0.3, -0.25) is 9.59 Å². The molecular weight excluding hydrogens is 292 g/mol. The lowest BCUT2D eigenvalue weighted by molar-refractivity contribution is -0.143. The van der Waals surface area contributed by atoms with Gasteiger partial charge in [0.15, 0.2) is 0 Å². The highest BCUT2D eigenvalue weighted by molar-refractivity contribution is 5.90. The third-order valence-corrected chi connectivity index (χ3v) is 4.91. The molecule has 23 heavy (non-hydrogen) atoms. The Balaban J connectivity index is 1.70. The number of carbonyl (C=O) groups is 2. The monoisotopic (exact) mass is 316 g/mol. The molecule has 3 rings (SSSR count). The van der Waals surface area contributed by atoms with Crippen LogP contribution in [-0.2, 0) is 9.59 Å². The number of rotatable bonds is 4. The van der Waals surface area contributed by atoms with Gasteiger partial charge >= 0.3 is 0 Å². The normalized spacial score (nSPS) is 24.1. The van der Waals surface area contributed by atoms with E-state index in [1.54, 1.807) is 7.11 Å². The van der Waals surface area contributed by atoms with Crippen molar-refractivity contribution in [2.45, 2.75) is 38.8 Å². The molecule has 1 aromatic rings. The summed E-state index contributed by atoms with van der Waals surface area (Å²) in [6.45, 7) is 5.31. The minimum absolute atomic E-state index is 0.0943. The molecule has 0 bridgehead atoms. The van der Waals surface area contributed by atoms with Crippen LogP contribution in [0.1, 0.15) is 38.3 Å². The Hall–Kier alpha value is -2.04. The van der Waals surface area contributed by atoms with E-state index < -0.39 is 0 Å². The molecule has 0 aromatic heterocycles. The minimum atomic E-state index is -0.196. The van der Waals surface area contributed by atoms with Gasteiger partial charge in [0.2, 0.25) is 11.8 Å². The molecule has 0 radical (unpaired) electrons. The third-order valence-electron chi connectivity index (χ3n) is 4.91. The summed E-state index contributed by atoms with van der Waals surface area (Å²) < 4.78 is 5.27. The second-order valence-electron chi connectivity index (χ2n) is 6.65. The van der Waals surface area contributed by atoms with E-state index in [-0.39, 0.29) is 29.8 Å². The number of amides is 2. The Bertz CT molecular complexity index is 614. The third kappa shape index (κ3) is 2.92. The summed E-state index contributed by atoms with van der Waals surface area (Å²) in [5, 5.41) is 0. The van der Waals surface area contributed by atoms with Crippen molar-refractivity contribution in [3.8, 4) is 5.75 Å². The second kappa shape index (κ2) is 6.22. The van der Waals surface area contributed by atoms with Crippen LogP contribution in [0.5, 0.6) is 5.75 Å². The maximum Gasteiger partial charge on any atom is 0.228 e. The molecule has 5 nitrogen and oxygen atoms in total. The van der Waals surface area contributed by atoms with Crippen molar-refractivity contribution in [3.05, 3.63) is 29.8 Å². The summed E-state index contributed by atoms with van der Waals surface area (Å²) in [7, 11) is 1.65. The first kappa shape index (κ1) is 15.8. The van der Waals surface area contributed by atoms with E-state index in [9.17, 15) is 9.59 Å². The van der Waals surface area contributed by atoms with E-state index in [0.717, 1.165) is 24.3 Å². The average molecular weight is 316 g/mol. The topological polar surface area (TPSA) is 49.9 Å². The first-order valence-corrected chi connectivity index (χ1v) is 8.25. The molecule has 2 aliphatic heterocycles. The Morgan fingerprint density at radius 2 is 2.13 bits per heavy atom. The first-order chi connectivity index (χ1) is 11.0. The molecule has 0 aliphatic carbocycles. The maximum absolute atomic E-state index is 12.8. The number of hydrogen-bond donors (Lipinski definition) is 0. The molecule has 2 amide bonds. The zero-order chi connectivity index (χ0) is 16.6. The number of methoxy groups -OCH3 is 1. The summed E-state index contributed by atoms with van der Waals surface area (Å²) in [4.78, 5) is 28.6. The number of likely N-dealkylation sites (tertiary alicyclic amines) is 2. The Morgan fingerprint density at radius 1 is 1.35 bits per heavy atom. The molecule has 2 atom stereocenters. The van der Waals surface area contributed by atoms with Gasteiger partial charge in [-0.2, -0.15) is 0 Å². The minimum Gasteiger partial charge on any atom is -0.497 e. The first-order valence-electron chi connectivity index (χ1n) is 8.25. The van der Waals surface area contributed by atoms with Crippen molar-refractivity contribution in [3.63, 3.8) is 0 Å². The van der Waals surface area contributed by atoms with Crippen LogP contribution in [-0.4, -0.2) is 47.9 Å². The van der Waals surface area contributed by atoms with Crippen molar-refractivity contribution in [2.24, 2.45) is 5.92 Å². The van der Waals surface area contributed by atoms with Gasteiger partial charge in [-0.15, -0.1) is 0 Å². The molecule has 1 aromatic carbocycles. The summed E-state index contributed by atoms with van der Waals surface area (Å²) >= 11 is 0. The fourth-order valence-corrected chi connectivity index (χ4v) is 3.48. The maximum atomic E-state index is 12.8. The molecule has 2 aliphatic rings. The Morgan fingerprint density at radius 3 is 2.70 bits per heavy atom. The van der Waals surface area contributed by atoms with Gasteiger partial charge < -0.3 is 14.5 Å². The SMILES string of the molecule is COc1cccc([C@H]2CCN2C(=O)[C@@H]2CC(=O)N(C(C)C)C2)c1. The molecule has 0 N–H and O–H groups in total. The number of ether oxygens (including phenoxy) is 1. The number of benzene rings is 1. The van der Waals surface area contributed by atoms with E-state index in [1.807, 2.05) is 47.9 Å². The molecule has 0 spiro atoms. The van der Waals surface area contributed by atoms with Crippen LogP contribution in [0.15, 0.2) is 24.3 Å². The average Bonchev–Trinajstić information content (AvgIpc) is 2.88. The fraction of sp³-hybridized carbons (Fsp3) is 0.556.